The topological polar surface area (TPSA) is 8.17 Å². The van der Waals surface area contributed by atoms with Gasteiger partial charge in [-0.25, -0.2) is 0 Å². The molecule has 0 spiro atoms. The zero-order valence-electron chi connectivity index (χ0n) is 14.9. The van der Waals surface area contributed by atoms with E-state index in [1.165, 1.54) is 43.7 Å². The van der Waals surface area contributed by atoms with E-state index in [-0.39, 0.29) is 0 Å². The summed E-state index contributed by atoms with van der Waals surface area (Å²) in [5, 5.41) is 3.65. The number of hydrogen-bond acceptors (Lipinski definition) is 2. The van der Waals surface area contributed by atoms with E-state index in [1.54, 1.807) is 0 Å². The van der Waals surface area contributed by atoms with Crippen molar-refractivity contribution in [2.75, 3.05) is 13.6 Å². The lowest BCUT2D eigenvalue weighted by molar-refractivity contribution is 0.312. The average Bonchev–Trinajstić information content (AvgIpc) is 3.10. The number of aryl methyl sites for hydroxylation is 2. The van der Waals surface area contributed by atoms with Crippen molar-refractivity contribution in [3.05, 3.63) is 56.9 Å². The number of likely N-dealkylation sites (N-methyl/N-ethyl adjacent to an activating group) is 1. The molecule has 1 aliphatic rings. The second-order valence-corrected chi connectivity index (χ2v) is 8.02. The van der Waals surface area contributed by atoms with Crippen LogP contribution in [0.1, 0.15) is 34.2 Å². The summed E-state index contributed by atoms with van der Waals surface area (Å²) in [6, 6.07) is 9.15. The van der Waals surface area contributed by atoms with E-state index in [2.05, 4.69) is 73.1 Å². The quantitative estimate of drug-likeness (QED) is 0.614. The van der Waals surface area contributed by atoms with Crippen LogP contribution >= 0.6 is 11.3 Å². The first kappa shape index (κ1) is 15.7. The minimum absolute atomic E-state index is 1.05. The zero-order valence-corrected chi connectivity index (χ0v) is 15.7. The normalized spacial score (nSPS) is 15.9. The lowest BCUT2D eigenvalue weighted by Crippen LogP contribution is -2.26. The molecule has 1 aromatic carbocycles. The van der Waals surface area contributed by atoms with Gasteiger partial charge in [0.2, 0.25) is 0 Å². The van der Waals surface area contributed by atoms with Crippen LogP contribution in [-0.4, -0.2) is 23.1 Å². The number of hydrogen-bond donors (Lipinski definition) is 0. The Bertz CT molecular complexity index is 942. The molecular weight excluding hydrogens is 312 g/mol. The van der Waals surface area contributed by atoms with Gasteiger partial charge in [-0.2, -0.15) is 0 Å². The van der Waals surface area contributed by atoms with Gasteiger partial charge >= 0.3 is 0 Å². The maximum Gasteiger partial charge on any atom is 0.0529 e. The number of thiophene rings is 1. The Labute approximate surface area is 148 Å². The summed E-state index contributed by atoms with van der Waals surface area (Å²) in [6.45, 7) is 8.76. The largest absolute Gasteiger partial charge is 0.320 e. The highest BCUT2D eigenvalue weighted by Crippen LogP contribution is 2.33. The number of nitrogens with zero attached hydrogens (tertiary/aromatic N) is 2. The second kappa shape index (κ2) is 5.91. The average molecular weight is 337 g/mol. The lowest BCUT2D eigenvalue weighted by Gasteiger charge is -2.23. The fraction of sp³-hybridized carbons (Fsp3) is 0.333. The number of aromatic nitrogens is 1. The third-order valence-corrected chi connectivity index (χ3v) is 6.16. The Kier molecular flexibility index (Phi) is 3.86. The van der Waals surface area contributed by atoms with Crippen LogP contribution in [0.5, 0.6) is 0 Å². The summed E-state index contributed by atoms with van der Waals surface area (Å²) in [6.07, 6.45) is 3.46. The summed E-state index contributed by atoms with van der Waals surface area (Å²) in [4.78, 5) is 3.79. The van der Waals surface area contributed by atoms with Crippen LogP contribution in [0.2, 0.25) is 0 Å². The maximum absolute atomic E-state index is 2.45. The Hall–Kier alpha value is -1.84. The molecule has 1 aliphatic heterocycles. The van der Waals surface area contributed by atoms with Crippen molar-refractivity contribution in [3.63, 3.8) is 0 Å². The molecule has 0 atom stereocenters. The van der Waals surface area contributed by atoms with E-state index in [1.807, 2.05) is 11.3 Å². The summed E-state index contributed by atoms with van der Waals surface area (Å²) < 4.78 is 2.45. The van der Waals surface area contributed by atoms with Gasteiger partial charge in [-0.3, -0.25) is 0 Å². The highest BCUT2D eigenvalue weighted by atomic mass is 32.1. The molecule has 2 aromatic heterocycles. The maximum atomic E-state index is 2.45. The fourth-order valence-corrected chi connectivity index (χ4v) is 4.56. The minimum Gasteiger partial charge on any atom is -0.320 e. The van der Waals surface area contributed by atoms with Crippen molar-refractivity contribution in [1.29, 1.82) is 0 Å². The van der Waals surface area contributed by atoms with Crippen molar-refractivity contribution in [2.45, 2.75) is 33.7 Å². The Morgan fingerprint density at radius 2 is 2.00 bits per heavy atom. The summed E-state index contributed by atoms with van der Waals surface area (Å²) in [5.41, 5.74) is 8.36. The minimum atomic E-state index is 1.05. The molecule has 124 valence electrons. The Morgan fingerprint density at radius 3 is 2.75 bits per heavy atom. The van der Waals surface area contributed by atoms with Gasteiger partial charge in [0.05, 0.1) is 5.52 Å². The van der Waals surface area contributed by atoms with Gasteiger partial charge in [0.15, 0.2) is 0 Å². The first-order valence-corrected chi connectivity index (χ1v) is 9.45. The first-order chi connectivity index (χ1) is 11.5. The molecule has 4 rings (SSSR count). The number of allylic oxidation sites excluding steroid dienone is 1. The van der Waals surface area contributed by atoms with E-state index in [4.69, 9.17) is 0 Å². The fourth-order valence-electron chi connectivity index (χ4n) is 3.68. The third kappa shape index (κ3) is 2.62. The van der Waals surface area contributed by atoms with Crippen LogP contribution in [0.4, 0.5) is 0 Å². The van der Waals surface area contributed by atoms with Crippen molar-refractivity contribution in [1.82, 2.24) is 9.47 Å². The molecule has 0 unspecified atom stereocenters. The second-order valence-electron chi connectivity index (χ2n) is 7.10. The lowest BCUT2D eigenvalue weighted by atomic mass is 10.0. The number of rotatable bonds is 2. The van der Waals surface area contributed by atoms with E-state index in [0.29, 0.717) is 0 Å². The van der Waals surface area contributed by atoms with Gasteiger partial charge in [-0.05, 0) is 68.1 Å². The smallest absolute Gasteiger partial charge is 0.0529 e. The van der Waals surface area contributed by atoms with E-state index < -0.39 is 0 Å². The highest BCUT2D eigenvalue weighted by Gasteiger charge is 2.21. The SMILES string of the molecule is C/C(=C\n1c2c(c3cc(C)ccc31)CN(C)CC2)c1cc(C)cs1. The molecular formula is C21H24N2S. The monoisotopic (exact) mass is 336 g/mol. The molecule has 3 heteroatoms. The van der Waals surface area contributed by atoms with Gasteiger partial charge in [-0.15, -0.1) is 11.3 Å². The molecule has 2 nitrogen and oxygen atoms in total. The van der Waals surface area contributed by atoms with E-state index >= 15 is 0 Å². The Morgan fingerprint density at radius 1 is 1.17 bits per heavy atom. The molecule has 24 heavy (non-hydrogen) atoms. The summed E-state index contributed by atoms with van der Waals surface area (Å²) in [7, 11) is 2.22. The molecule has 0 amide bonds. The van der Waals surface area contributed by atoms with Gasteiger partial charge in [0.1, 0.15) is 0 Å². The van der Waals surface area contributed by atoms with Crippen LogP contribution in [0.3, 0.4) is 0 Å². The standard InChI is InChI=1S/C21H24N2S/c1-14-5-6-19-17(9-14)18-12-22(4)8-7-20(18)23(19)11-16(3)21-10-15(2)13-24-21/h5-6,9-11,13H,7-8,12H2,1-4H3/b16-11+. The van der Waals surface area contributed by atoms with Gasteiger partial charge in [0.25, 0.3) is 0 Å². The number of fused-ring (bicyclic) bond motifs is 3. The predicted octanol–water partition coefficient (Wildman–Crippen LogP) is 5.33. The molecule has 0 aliphatic carbocycles. The Balaban J connectivity index is 1.92. The molecule has 3 aromatic rings. The third-order valence-electron chi connectivity index (χ3n) is 4.98. The summed E-state index contributed by atoms with van der Waals surface area (Å²) >= 11 is 1.84. The van der Waals surface area contributed by atoms with Gasteiger partial charge in [-0.1, -0.05) is 11.6 Å². The van der Waals surface area contributed by atoms with Crippen LogP contribution in [0.15, 0.2) is 29.6 Å². The molecule has 0 radical (unpaired) electrons. The molecule has 0 saturated heterocycles. The van der Waals surface area contributed by atoms with Crippen LogP contribution in [0.25, 0.3) is 22.7 Å². The van der Waals surface area contributed by atoms with Gasteiger partial charge in [0, 0.05) is 41.7 Å². The van der Waals surface area contributed by atoms with Crippen LogP contribution in [0, 0.1) is 13.8 Å². The van der Waals surface area contributed by atoms with Crippen molar-refractivity contribution in [3.8, 4) is 0 Å². The van der Waals surface area contributed by atoms with E-state index in [0.717, 1.165) is 19.5 Å². The number of benzene rings is 1. The van der Waals surface area contributed by atoms with Crippen LogP contribution in [-0.2, 0) is 13.0 Å². The highest BCUT2D eigenvalue weighted by molar-refractivity contribution is 7.11. The molecule has 0 N–H and O–H groups in total. The zero-order chi connectivity index (χ0) is 16.8. The van der Waals surface area contributed by atoms with E-state index in [9.17, 15) is 0 Å². The molecule has 0 bridgehead atoms. The molecule has 0 saturated carbocycles. The predicted molar refractivity (Wildman–Crippen MR) is 106 cm³/mol. The van der Waals surface area contributed by atoms with Crippen molar-refractivity contribution >= 4 is 34.0 Å². The van der Waals surface area contributed by atoms with Crippen molar-refractivity contribution in [2.24, 2.45) is 0 Å². The molecule has 3 heterocycles. The first-order valence-electron chi connectivity index (χ1n) is 8.57. The van der Waals surface area contributed by atoms with Gasteiger partial charge < -0.3 is 9.47 Å². The molecule has 0 fully saturated rings. The van der Waals surface area contributed by atoms with Crippen LogP contribution < -0.4 is 0 Å². The van der Waals surface area contributed by atoms with Crippen molar-refractivity contribution < 1.29 is 0 Å². The summed E-state index contributed by atoms with van der Waals surface area (Å²) in [5.74, 6) is 0.